The highest BCUT2D eigenvalue weighted by molar-refractivity contribution is 6.09. The molecule has 0 spiro atoms. The maximum Gasteiger partial charge on any atom is 0.265 e. The van der Waals surface area contributed by atoms with E-state index < -0.39 is 6.10 Å². The van der Waals surface area contributed by atoms with Crippen molar-refractivity contribution in [3.05, 3.63) is 53.7 Å². The summed E-state index contributed by atoms with van der Waals surface area (Å²) in [6.07, 6.45) is -0.638. The first kappa shape index (κ1) is 15.3. The molecule has 0 aliphatic carbocycles. The number of carbonyl (C=O) groups is 2. The molecule has 3 aromatic rings. The van der Waals surface area contributed by atoms with Gasteiger partial charge in [0, 0.05) is 22.3 Å². The van der Waals surface area contributed by atoms with Crippen molar-refractivity contribution >= 4 is 34.1 Å². The van der Waals surface area contributed by atoms with Gasteiger partial charge in [0.1, 0.15) is 0 Å². The summed E-state index contributed by atoms with van der Waals surface area (Å²) >= 11 is 0. The molecule has 2 heterocycles. The van der Waals surface area contributed by atoms with E-state index in [2.05, 4.69) is 15.6 Å². The number of aromatic nitrogens is 1. The number of aromatic amines is 1. The Kier molecular flexibility index (Phi) is 3.46. The fraction of sp³-hybridized carbons (Fsp3) is 0.158. The lowest BCUT2D eigenvalue weighted by Crippen LogP contribution is -2.35. The van der Waals surface area contributed by atoms with Gasteiger partial charge >= 0.3 is 0 Å². The van der Waals surface area contributed by atoms with Gasteiger partial charge in [-0.1, -0.05) is 6.07 Å². The number of para-hydroxylation sites is 1. The molecule has 0 radical (unpaired) electrons. The number of hydrogen-bond acceptors (Lipinski definition) is 3. The zero-order valence-corrected chi connectivity index (χ0v) is 13.8. The number of hydrogen-bond donors (Lipinski definition) is 3. The number of H-pyrrole nitrogens is 1. The number of amides is 2. The van der Waals surface area contributed by atoms with Crippen LogP contribution in [0.25, 0.3) is 10.9 Å². The molecule has 126 valence electrons. The second-order valence-corrected chi connectivity index (χ2v) is 6.14. The van der Waals surface area contributed by atoms with Gasteiger partial charge in [-0.2, -0.15) is 0 Å². The molecule has 1 aromatic heterocycles. The number of fused-ring (bicyclic) bond motifs is 2. The largest absolute Gasteiger partial charge is 0.478 e. The van der Waals surface area contributed by atoms with Crippen molar-refractivity contribution < 1.29 is 14.3 Å². The predicted octanol–water partition coefficient (Wildman–Crippen LogP) is 3.45. The van der Waals surface area contributed by atoms with E-state index in [9.17, 15) is 9.59 Å². The van der Waals surface area contributed by atoms with Crippen molar-refractivity contribution in [2.75, 3.05) is 10.6 Å². The van der Waals surface area contributed by atoms with Gasteiger partial charge in [0.25, 0.3) is 11.8 Å². The monoisotopic (exact) mass is 335 g/mol. The molecule has 1 aliphatic rings. The predicted molar refractivity (Wildman–Crippen MR) is 96.2 cm³/mol. The smallest absolute Gasteiger partial charge is 0.265 e. The summed E-state index contributed by atoms with van der Waals surface area (Å²) in [4.78, 5) is 27.7. The quantitative estimate of drug-likeness (QED) is 0.671. The van der Waals surface area contributed by atoms with E-state index in [1.54, 1.807) is 25.1 Å². The van der Waals surface area contributed by atoms with Gasteiger partial charge in [0.15, 0.2) is 11.9 Å². The summed E-state index contributed by atoms with van der Waals surface area (Å²) in [5.41, 5.74) is 3.67. The van der Waals surface area contributed by atoms with Crippen molar-refractivity contribution in [2.24, 2.45) is 0 Å². The van der Waals surface area contributed by atoms with E-state index >= 15 is 0 Å². The van der Waals surface area contributed by atoms with Crippen LogP contribution in [0.3, 0.4) is 0 Å². The van der Waals surface area contributed by atoms with Crippen LogP contribution in [0.5, 0.6) is 5.75 Å². The Morgan fingerprint density at radius 1 is 1.20 bits per heavy atom. The number of carbonyl (C=O) groups excluding carboxylic acids is 2. The van der Waals surface area contributed by atoms with Gasteiger partial charge in [-0.25, -0.2) is 0 Å². The highest BCUT2D eigenvalue weighted by Gasteiger charge is 2.27. The van der Waals surface area contributed by atoms with E-state index in [1.807, 2.05) is 31.2 Å². The summed E-state index contributed by atoms with van der Waals surface area (Å²) in [5.74, 6) is -0.115. The average molecular weight is 335 g/mol. The van der Waals surface area contributed by atoms with Gasteiger partial charge < -0.3 is 20.4 Å². The van der Waals surface area contributed by atoms with Crippen molar-refractivity contribution in [3.63, 3.8) is 0 Å². The highest BCUT2D eigenvalue weighted by atomic mass is 16.5. The Balaban J connectivity index is 1.64. The summed E-state index contributed by atoms with van der Waals surface area (Å²) in [5, 5.41) is 6.67. The van der Waals surface area contributed by atoms with Crippen molar-refractivity contribution in [2.45, 2.75) is 20.0 Å². The minimum Gasteiger partial charge on any atom is -0.478 e. The zero-order valence-electron chi connectivity index (χ0n) is 13.8. The number of rotatable bonds is 2. The number of ether oxygens (including phenoxy) is 1. The summed E-state index contributed by atoms with van der Waals surface area (Å²) in [7, 11) is 0. The molecule has 4 rings (SSSR count). The molecule has 2 amide bonds. The van der Waals surface area contributed by atoms with E-state index in [1.165, 1.54) is 0 Å². The number of anilines is 2. The lowest BCUT2D eigenvalue weighted by molar-refractivity contribution is -0.122. The number of aryl methyl sites for hydroxylation is 1. The first-order valence-corrected chi connectivity index (χ1v) is 8.02. The maximum absolute atomic E-state index is 12.7. The SMILES string of the molecule is Cc1cc2cc(NC(=O)c3cccc4c3OC(C)C(=O)N4)ccc2[nH]1. The Morgan fingerprint density at radius 3 is 2.88 bits per heavy atom. The van der Waals surface area contributed by atoms with Crippen LogP contribution in [0.1, 0.15) is 23.0 Å². The molecule has 0 saturated carbocycles. The second kappa shape index (κ2) is 5.66. The molecule has 6 heteroatoms. The van der Waals surface area contributed by atoms with Gasteiger partial charge in [-0.05, 0) is 50.2 Å². The van der Waals surface area contributed by atoms with Crippen LogP contribution >= 0.6 is 0 Å². The average Bonchev–Trinajstić information content (AvgIpc) is 2.94. The van der Waals surface area contributed by atoms with Crippen LogP contribution in [0.2, 0.25) is 0 Å². The fourth-order valence-electron chi connectivity index (χ4n) is 2.96. The molecule has 1 aliphatic heterocycles. The second-order valence-electron chi connectivity index (χ2n) is 6.14. The minimum absolute atomic E-state index is 0.224. The summed E-state index contributed by atoms with van der Waals surface area (Å²) in [6.45, 7) is 3.64. The molecule has 3 N–H and O–H groups in total. The van der Waals surface area contributed by atoms with Crippen LogP contribution in [-0.2, 0) is 4.79 Å². The molecular formula is C19H17N3O3. The fourth-order valence-corrected chi connectivity index (χ4v) is 2.96. The Bertz CT molecular complexity index is 1010. The third-order valence-electron chi connectivity index (χ3n) is 4.19. The van der Waals surface area contributed by atoms with E-state index in [0.717, 1.165) is 16.6 Å². The number of nitrogens with one attached hydrogen (secondary N) is 3. The van der Waals surface area contributed by atoms with Crippen molar-refractivity contribution in [1.29, 1.82) is 0 Å². The lowest BCUT2D eigenvalue weighted by atomic mass is 10.1. The normalized spacial score (nSPS) is 16.1. The summed E-state index contributed by atoms with van der Waals surface area (Å²) in [6, 6.07) is 12.8. The Hall–Kier alpha value is -3.28. The molecule has 6 nitrogen and oxygen atoms in total. The molecule has 0 fully saturated rings. The van der Waals surface area contributed by atoms with Crippen LogP contribution in [0.15, 0.2) is 42.5 Å². The van der Waals surface area contributed by atoms with E-state index in [-0.39, 0.29) is 11.8 Å². The van der Waals surface area contributed by atoms with E-state index in [0.29, 0.717) is 22.7 Å². The molecule has 1 unspecified atom stereocenters. The van der Waals surface area contributed by atoms with Crippen molar-refractivity contribution in [1.82, 2.24) is 4.98 Å². The summed E-state index contributed by atoms with van der Waals surface area (Å²) < 4.78 is 5.63. The molecule has 0 bridgehead atoms. The van der Waals surface area contributed by atoms with Crippen LogP contribution < -0.4 is 15.4 Å². The first-order chi connectivity index (χ1) is 12.0. The van der Waals surface area contributed by atoms with Gasteiger partial charge in [-0.3, -0.25) is 9.59 Å². The molecular weight excluding hydrogens is 318 g/mol. The third-order valence-corrected chi connectivity index (χ3v) is 4.19. The molecule has 1 atom stereocenters. The van der Waals surface area contributed by atoms with Crippen LogP contribution in [0.4, 0.5) is 11.4 Å². The maximum atomic E-state index is 12.7. The molecule has 25 heavy (non-hydrogen) atoms. The van der Waals surface area contributed by atoms with E-state index in [4.69, 9.17) is 4.74 Å². The van der Waals surface area contributed by atoms with Crippen LogP contribution in [0, 0.1) is 6.92 Å². The van der Waals surface area contributed by atoms with Crippen molar-refractivity contribution in [3.8, 4) is 5.75 Å². The first-order valence-electron chi connectivity index (χ1n) is 8.02. The third kappa shape index (κ3) is 2.71. The Labute approximate surface area is 144 Å². The molecule has 2 aromatic carbocycles. The zero-order chi connectivity index (χ0) is 17.6. The van der Waals surface area contributed by atoms with Gasteiger partial charge in [0.2, 0.25) is 0 Å². The Morgan fingerprint density at radius 2 is 2.04 bits per heavy atom. The standard InChI is InChI=1S/C19H17N3O3/c1-10-8-12-9-13(6-7-15(12)20-10)21-19(24)14-4-3-5-16-17(14)25-11(2)18(23)22-16/h3-9,11,20H,1-2H3,(H,21,24)(H,22,23). The number of benzene rings is 2. The lowest BCUT2D eigenvalue weighted by Gasteiger charge is -2.25. The van der Waals surface area contributed by atoms with Gasteiger partial charge in [-0.15, -0.1) is 0 Å². The highest BCUT2D eigenvalue weighted by Crippen LogP contribution is 2.33. The minimum atomic E-state index is -0.638. The molecule has 0 saturated heterocycles. The van der Waals surface area contributed by atoms with Crippen LogP contribution in [-0.4, -0.2) is 22.9 Å². The van der Waals surface area contributed by atoms with Gasteiger partial charge in [0.05, 0.1) is 11.3 Å². The topological polar surface area (TPSA) is 83.2 Å².